The molecule has 1 aromatic rings. The quantitative estimate of drug-likeness (QED) is 0.901. The molecule has 0 aliphatic carbocycles. The maximum atomic E-state index is 10.8. The Morgan fingerprint density at radius 2 is 2.41 bits per heavy atom. The van der Waals surface area contributed by atoms with Gasteiger partial charge in [0, 0.05) is 31.3 Å². The van der Waals surface area contributed by atoms with E-state index in [1.165, 1.54) is 11.3 Å². The Labute approximate surface area is 105 Å². The monoisotopic (exact) mass is 255 g/mol. The van der Waals surface area contributed by atoms with Gasteiger partial charge in [-0.3, -0.25) is 0 Å². The molecule has 0 amide bonds. The molecule has 5 heteroatoms. The largest absolute Gasteiger partial charge is 0.477 e. The molecule has 2 rings (SSSR count). The lowest BCUT2D eigenvalue weighted by atomic mass is 9.94. The van der Waals surface area contributed by atoms with Crippen molar-refractivity contribution in [3.8, 4) is 0 Å². The van der Waals surface area contributed by atoms with Gasteiger partial charge in [0.1, 0.15) is 4.88 Å². The van der Waals surface area contributed by atoms with Crippen molar-refractivity contribution in [3.63, 3.8) is 0 Å². The van der Waals surface area contributed by atoms with Gasteiger partial charge in [-0.2, -0.15) is 0 Å². The van der Waals surface area contributed by atoms with Gasteiger partial charge in [-0.1, -0.05) is 0 Å². The second-order valence-electron chi connectivity index (χ2n) is 4.65. The zero-order valence-corrected chi connectivity index (χ0v) is 10.9. The summed E-state index contributed by atoms with van der Waals surface area (Å²) in [5.74, 6) is -0.854. The molecule has 1 unspecified atom stereocenters. The molecule has 2 heterocycles. The third kappa shape index (κ3) is 2.61. The Morgan fingerprint density at radius 1 is 1.65 bits per heavy atom. The number of carbonyl (C=O) groups is 1. The van der Waals surface area contributed by atoms with E-state index in [-0.39, 0.29) is 5.60 Å². The molecule has 1 aliphatic heterocycles. The number of carboxylic acid groups (broad SMARTS) is 1. The molecule has 1 N–H and O–H groups in total. The predicted octanol–water partition coefficient (Wildman–Crippen LogP) is 2.45. The van der Waals surface area contributed by atoms with Crippen LogP contribution in [0.2, 0.25) is 0 Å². The van der Waals surface area contributed by atoms with Crippen molar-refractivity contribution in [2.24, 2.45) is 0 Å². The highest BCUT2D eigenvalue weighted by Crippen LogP contribution is 2.30. The van der Waals surface area contributed by atoms with Gasteiger partial charge in [-0.25, -0.2) is 4.79 Å². The first-order valence-corrected chi connectivity index (χ1v) is 6.54. The van der Waals surface area contributed by atoms with Crippen molar-refractivity contribution in [1.82, 2.24) is 0 Å². The minimum Gasteiger partial charge on any atom is -0.477 e. The summed E-state index contributed by atoms with van der Waals surface area (Å²) in [4.78, 5) is 13.4. The summed E-state index contributed by atoms with van der Waals surface area (Å²) in [5, 5.41) is 10.8. The van der Waals surface area contributed by atoms with E-state index in [9.17, 15) is 4.79 Å². The molecule has 0 spiro atoms. The molecule has 0 radical (unpaired) electrons. The van der Waals surface area contributed by atoms with Crippen molar-refractivity contribution in [2.75, 3.05) is 25.1 Å². The maximum Gasteiger partial charge on any atom is 0.345 e. The first-order chi connectivity index (χ1) is 8.04. The zero-order valence-electron chi connectivity index (χ0n) is 10.1. The predicted molar refractivity (Wildman–Crippen MR) is 68.1 cm³/mol. The second-order valence-corrected chi connectivity index (χ2v) is 5.56. The van der Waals surface area contributed by atoms with Crippen molar-refractivity contribution in [1.29, 1.82) is 0 Å². The van der Waals surface area contributed by atoms with Gasteiger partial charge in [-0.15, -0.1) is 11.3 Å². The minimum atomic E-state index is -0.854. The molecular formula is C12H17NO3S. The molecule has 0 saturated carbocycles. The summed E-state index contributed by atoms with van der Waals surface area (Å²) in [6.07, 6.45) is 2.12. The average molecular weight is 255 g/mol. The highest BCUT2D eigenvalue weighted by atomic mass is 32.1. The molecule has 1 aliphatic rings. The van der Waals surface area contributed by atoms with Crippen LogP contribution >= 0.6 is 11.3 Å². The highest BCUT2D eigenvalue weighted by Gasteiger charge is 2.31. The molecule has 94 valence electrons. The topological polar surface area (TPSA) is 49.8 Å². The van der Waals surface area contributed by atoms with E-state index in [0.717, 1.165) is 31.6 Å². The average Bonchev–Trinajstić information content (AvgIpc) is 2.78. The Hall–Kier alpha value is -1.07. The third-order valence-corrected chi connectivity index (χ3v) is 4.22. The molecule has 17 heavy (non-hydrogen) atoms. The van der Waals surface area contributed by atoms with Crippen LogP contribution in [0.4, 0.5) is 5.69 Å². The fourth-order valence-electron chi connectivity index (χ4n) is 2.20. The van der Waals surface area contributed by atoms with Crippen LogP contribution in [0.1, 0.15) is 29.4 Å². The van der Waals surface area contributed by atoms with Crippen LogP contribution in [0, 0.1) is 0 Å². The number of nitrogens with zero attached hydrogens (tertiary/aromatic N) is 1. The van der Waals surface area contributed by atoms with E-state index in [0.29, 0.717) is 4.88 Å². The number of thiophene rings is 1. The van der Waals surface area contributed by atoms with Crippen LogP contribution in [-0.2, 0) is 4.74 Å². The molecular weight excluding hydrogens is 238 g/mol. The van der Waals surface area contributed by atoms with Gasteiger partial charge in [0.15, 0.2) is 0 Å². The van der Waals surface area contributed by atoms with E-state index in [4.69, 9.17) is 9.84 Å². The Balaban J connectivity index is 2.13. The SMILES string of the molecule is COC1(C)CCCN(c2csc(C(=O)O)c2)C1. The summed E-state index contributed by atoms with van der Waals surface area (Å²) < 4.78 is 5.53. The van der Waals surface area contributed by atoms with Crippen LogP contribution in [0.3, 0.4) is 0 Å². The molecule has 1 saturated heterocycles. The fourth-order valence-corrected chi connectivity index (χ4v) is 2.95. The molecule has 1 aromatic heterocycles. The number of anilines is 1. The van der Waals surface area contributed by atoms with Crippen LogP contribution in [0.25, 0.3) is 0 Å². The third-order valence-electron chi connectivity index (χ3n) is 3.31. The van der Waals surface area contributed by atoms with Crippen LogP contribution in [-0.4, -0.2) is 36.9 Å². The van der Waals surface area contributed by atoms with E-state index >= 15 is 0 Å². The molecule has 0 aromatic carbocycles. The van der Waals surface area contributed by atoms with Crippen molar-refractivity contribution < 1.29 is 14.6 Å². The van der Waals surface area contributed by atoms with Crippen LogP contribution in [0.5, 0.6) is 0 Å². The van der Waals surface area contributed by atoms with E-state index in [1.54, 1.807) is 13.2 Å². The van der Waals surface area contributed by atoms with Crippen LogP contribution in [0.15, 0.2) is 11.4 Å². The maximum absolute atomic E-state index is 10.8. The van der Waals surface area contributed by atoms with Gasteiger partial charge in [-0.05, 0) is 25.8 Å². The lowest BCUT2D eigenvalue weighted by molar-refractivity contribution is -0.00463. The normalized spacial score (nSPS) is 24.9. The molecule has 0 bridgehead atoms. The van der Waals surface area contributed by atoms with Gasteiger partial charge >= 0.3 is 5.97 Å². The van der Waals surface area contributed by atoms with Gasteiger partial charge in [0.05, 0.1) is 5.60 Å². The molecule has 1 atom stereocenters. The number of rotatable bonds is 3. The fraction of sp³-hybridized carbons (Fsp3) is 0.583. The summed E-state index contributed by atoms with van der Waals surface area (Å²) in [6, 6.07) is 1.74. The zero-order chi connectivity index (χ0) is 12.5. The lowest BCUT2D eigenvalue weighted by Gasteiger charge is -2.40. The van der Waals surface area contributed by atoms with Crippen molar-refractivity contribution >= 4 is 23.0 Å². The number of aromatic carboxylic acids is 1. The van der Waals surface area contributed by atoms with E-state index in [2.05, 4.69) is 11.8 Å². The first kappa shape index (κ1) is 12.4. The summed E-state index contributed by atoms with van der Waals surface area (Å²) in [7, 11) is 1.74. The van der Waals surface area contributed by atoms with Gasteiger partial charge in [0.25, 0.3) is 0 Å². The summed E-state index contributed by atoms with van der Waals surface area (Å²) in [6.45, 7) is 3.89. The number of hydrogen-bond donors (Lipinski definition) is 1. The Bertz CT molecular complexity index is 418. The van der Waals surface area contributed by atoms with E-state index < -0.39 is 5.97 Å². The number of ether oxygens (including phenoxy) is 1. The number of methoxy groups -OCH3 is 1. The first-order valence-electron chi connectivity index (χ1n) is 5.66. The second kappa shape index (κ2) is 4.66. The highest BCUT2D eigenvalue weighted by molar-refractivity contribution is 7.12. The van der Waals surface area contributed by atoms with Gasteiger partial charge in [0.2, 0.25) is 0 Å². The molecule has 1 fully saturated rings. The Morgan fingerprint density at radius 3 is 3.00 bits per heavy atom. The standard InChI is InChI=1S/C12H17NO3S/c1-12(16-2)4-3-5-13(8-12)9-6-10(11(14)15)17-7-9/h6-7H,3-5,8H2,1-2H3,(H,14,15). The lowest BCUT2D eigenvalue weighted by Crippen LogP contribution is -2.47. The van der Waals surface area contributed by atoms with Crippen LogP contribution < -0.4 is 4.90 Å². The number of carboxylic acids is 1. The smallest absolute Gasteiger partial charge is 0.345 e. The van der Waals surface area contributed by atoms with Crippen molar-refractivity contribution in [3.05, 3.63) is 16.3 Å². The van der Waals surface area contributed by atoms with E-state index in [1.807, 2.05) is 5.38 Å². The molecule has 4 nitrogen and oxygen atoms in total. The summed E-state index contributed by atoms with van der Waals surface area (Å²) >= 11 is 1.28. The Kier molecular flexibility index (Phi) is 3.40. The van der Waals surface area contributed by atoms with Crippen molar-refractivity contribution in [2.45, 2.75) is 25.4 Å². The number of hydrogen-bond acceptors (Lipinski definition) is 4. The summed E-state index contributed by atoms with van der Waals surface area (Å²) in [5.41, 5.74) is 0.874. The van der Waals surface area contributed by atoms with Gasteiger partial charge < -0.3 is 14.7 Å². The number of piperidine rings is 1. The minimum absolute atomic E-state index is 0.121.